The molecule has 1 heterocycles. The number of pyridine rings is 1. The smallest absolute Gasteiger partial charge is 0.280 e. The number of hydrogen-bond acceptors (Lipinski definition) is 4. The van der Waals surface area contributed by atoms with E-state index in [1.165, 1.54) is 13.2 Å². The molecule has 6 heteroatoms. The lowest BCUT2D eigenvalue weighted by Gasteiger charge is -2.06. The number of hydrogen-bond donors (Lipinski definition) is 0. The van der Waals surface area contributed by atoms with Gasteiger partial charge in [-0.2, -0.15) is 0 Å². The quantitative estimate of drug-likeness (QED) is 0.483. The lowest BCUT2D eigenvalue weighted by Crippen LogP contribution is -1.93. The van der Waals surface area contributed by atoms with E-state index in [0.717, 1.165) is 0 Å². The van der Waals surface area contributed by atoms with Crippen LogP contribution in [-0.2, 0) is 0 Å². The number of nitrogens with zero attached hydrogens (tertiary/aromatic N) is 2. The van der Waals surface area contributed by atoms with Crippen molar-refractivity contribution in [3.05, 3.63) is 39.1 Å². The molecule has 0 aliphatic heterocycles. The third kappa shape index (κ3) is 1.61. The van der Waals surface area contributed by atoms with Gasteiger partial charge >= 0.3 is 0 Å². The van der Waals surface area contributed by atoms with Crippen LogP contribution in [0, 0.1) is 10.1 Å². The third-order valence-corrected chi connectivity index (χ3v) is 2.84. The molecule has 0 atom stereocenters. The Bertz CT molecular complexity index is 571. The minimum Gasteiger partial charge on any atom is -0.496 e. The van der Waals surface area contributed by atoms with E-state index in [2.05, 4.69) is 20.9 Å². The van der Waals surface area contributed by atoms with Gasteiger partial charge in [0.25, 0.3) is 5.69 Å². The molecule has 0 aliphatic rings. The second-order valence-corrected chi connectivity index (χ2v) is 3.82. The molecule has 0 bridgehead atoms. The highest BCUT2D eigenvalue weighted by atomic mass is 79.9. The number of benzene rings is 1. The summed E-state index contributed by atoms with van der Waals surface area (Å²) in [6.45, 7) is 0. The van der Waals surface area contributed by atoms with Crippen LogP contribution in [0.4, 0.5) is 5.69 Å². The van der Waals surface area contributed by atoms with Crippen LogP contribution in [0.25, 0.3) is 10.8 Å². The fraction of sp³-hybridized carbons (Fsp3) is 0.100. The lowest BCUT2D eigenvalue weighted by atomic mass is 10.1. The summed E-state index contributed by atoms with van der Waals surface area (Å²) in [4.78, 5) is 14.4. The summed E-state index contributed by atoms with van der Waals surface area (Å²) in [5, 5.41) is 12.0. The zero-order valence-corrected chi connectivity index (χ0v) is 9.89. The van der Waals surface area contributed by atoms with Crippen molar-refractivity contribution in [1.29, 1.82) is 0 Å². The van der Waals surface area contributed by atoms with Gasteiger partial charge < -0.3 is 4.74 Å². The van der Waals surface area contributed by atoms with Crippen LogP contribution in [-0.4, -0.2) is 17.0 Å². The average Bonchev–Trinajstić information content (AvgIpc) is 2.28. The minimum absolute atomic E-state index is 0.00998. The van der Waals surface area contributed by atoms with Crippen LogP contribution in [0.1, 0.15) is 0 Å². The monoisotopic (exact) mass is 282 g/mol. The number of nitro groups is 1. The number of rotatable bonds is 2. The van der Waals surface area contributed by atoms with Crippen molar-refractivity contribution in [2.45, 2.75) is 0 Å². The van der Waals surface area contributed by atoms with Gasteiger partial charge in [0.2, 0.25) is 0 Å². The fourth-order valence-corrected chi connectivity index (χ4v) is 2.08. The van der Waals surface area contributed by atoms with Crippen LogP contribution < -0.4 is 4.74 Å². The highest BCUT2D eigenvalue weighted by Gasteiger charge is 2.17. The van der Waals surface area contributed by atoms with Gasteiger partial charge in [-0.3, -0.25) is 10.1 Å². The Balaban J connectivity index is 2.92. The van der Waals surface area contributed by atoms with E-state index in [-0.39, 0.29) is 5.69 Å². The highest BCUT2D eigenvalue weighted by Crippen LogP contribution is 2.36. The first kappa shape index (κ1) is 10.8. The maximum absolute atomic E-state index is 10.9. The zero-order valence-electron chi connectivity index (χ0n) is 8.31. The number of non-ortho nitro benzene ring substituents is 1. The van der Waals surface area contributed by atoms with Gasteiger partial charge in [0.05, 0.1) is 17.4 Å². The second-order valence-electron chi connectivity index (χ2n) is 3.07. The zero-order chi connectivity index (χ0) is 11.7. The Kier molecular flexibility index (Phi) is 2.74. The van der Waals surface area contributed by atoms with Gasteiger partial charge in [-0.1, -0.05) is 0 Å². The van der Waals surface area contributed by atoms with E-state index < -0.39 is 4.92 Å². The van der Waals surface area contributed by atoms with E-state index in [1.54, 1.807) is 18.3 Å². The molecule has 0 radical (unpaired) electrons. The lowest BCUT2D eigenvalue weighted by molar-refractivity contribution is -0.383. The largest absolute Gasteiger partial charge is 0.496 e. The van der Waals surface area contributed by atoms with Crippen molar-refractivity contribution >= 4 is 32.4 Å². The summed E-state index contributed by atoms with van der Waals surface area (Å²) < 4.78 is 5.59. The van der Waals surface area contributed by atoms with E-state index >= 15 is 0 Å². The summed E-state index contributed by atoms with van der Waals surface area (Å²) in [5.74, 6) is 0.587. The van der Waals surface area contributed by atoms with E-state index in [9.17, 15) is 10.1 Å². The van der Waals surface area contributed by atoms with Crippen molar-refractivity contribution in [3.63, 3.8) is 0 Å². The molecule has 5 nitrogen and oxygen atoms in total. The maximum atomic E-state index is 10.9. The fourth-order valence-electron chi connectivity index (χ4n) is 1.54. The molecule has 0 aliphatic carbocycles. The van der Waals surface area contributed by atoms with Crippen molar-refractivity contribution in [2.24, 2.45) is 0 Å². The Hall–Kier alpha value is -1.69. The van der Waals surface area contributed by atoms with Crippen LogP contribution in [0.3, 0.4) is 0 Å². The topological polar surface area (TPSA) is 65.3 Å². The summed E-state index contributed by atoms with van der Waals surface area (Å²) in [6.07, 6.45) is 1.57. The van der Waals surface area contributed by atoms with Crippen molar-refractivity contribution < 1.29 is 9.66 Å². The van der Waals surface area contributed by atoms with Crippen molar-refractivity contribution in [1.82, 2.24) is 4.98 Å². The molecule has 16 heavy (non-hydrogen) atoms. The van der Waals surface area contributed by atoms with E-state index in [4.69, 9.17) is 4.74 Å². The third-order valence-electron chi connectivity index (χ3n) is 2.24. The van der Waals surface area contributed by atoms with Crippen LogP contribution in [0.15, 0.2) is 29.0 Å². The van der Waals surface area contributed by atoms with Crippen LogP contribution >= 0.6 is 15.9 Å². The molecule has 0 N–H and O–H groups in total. The Morgan fingerprint density at radius 3 is 2.81 bits per heavy atom. The van der Waals surface area contributed by atoms with E-state index in [0.29, 0.717) is 21.1 Å². The molecule has 0 saturated carbocycles. The molecule has 0 unspecified atom stereocenters. The molecule has 0 amide bonds. The first-order chi connectivity index (χ1) is 7.65. The molecule has 0 fully saturated rings. The number of halogens is 1. The summed E-state index contributed by atoms with van der Waals surface area (Å²) >= 11 is 3.21. The van der Waals surface area contributed by atoms with Gasteiger partial charge in [-0.15, -0.1) is 0 Å². The molecule has 82 valence electrons. The van der Waals surface area contributed by atoms with Gasteiger partial charge in [0.1, 0.15) is 10.4 Å². The first-order valence-electron chi connectivity index (χ1n) is 4.40. The summed E-state index contributed by atoms with van der Waals surface area (Å²) in [6, 6.07) is 4.67. The van der Waals surface area contributed by atoms with Gasteiger partial charge in [0, 0.05) is 17.6 Å². The first-order valence-corrected chi connectivity index (χ1v) is 5.20. The van der Waals surface area contributed by atoms with Gasteiger partial charge in [-0.25, -0.2) is 4.98 Å². The predicted octanol–water partition coefficient (Wildman–Crippen LogP) is 2.91. The molecule has 0 spiro atoms. The Morgan fingerprint density at radius 1 is 1.44 bits per heavy atom. The standard InChI is InChI=1S/C10H7BrN2O3/c1-16-8-3-2-7(13(14)15)9-6(8)4-5-12-10(9)11/h2-5H,1H3. The Labute approximate surface area is 99.3 Å². The molecule has 1 aromatic heterocycles. The second kappa shape index (κ2) is 4.05. The predicted molar refractivity (Wildman–Crippen MR) is 62.6 cm³/mol. The SMILES string of the molecule is COc1ccc([N+](=O)[O-])c2c(Br)nccc12. The molecule has 2 rings (SSSR count). The maximum Gasteiger partial charge on any atom is 0.280 e. The van der Waals surface area contributed by atoms with Gasteiger partial charge in [-0.05, 0) is 28.1 Å². The number of ether oxygens (including phenoxy) is 1. The molecular weight excluding hydrogens is 276 g/mol. The minimum atomic E-state index is -0.436. The molecule has 2 aromatic rings. The molecule has 1 aromatic carbocycles. The number of nitro benzene ring substituents is 1. The van der Waals surface area contributed by atoms with E-state index in [1.807, 2.05) is 0 Å². The Morgan fingerprint density at radius 2 is 2.19 bits per heavy atom. The van der Waals surface area contributed by atoms with Crippen molar-refractivity contribution in [2.75, 3.05) is 7.11 Å². The summed E-state index contributed by atoms with van der Waals surface area (Å²) in [5.41, 5.74) is 0.00998. The number of fused-ring (bicyclic) bond motifs is 1. The summed E-state index contributed by atoms with van der Waals surface area (Å²) in [7, 11) is 1.52. The highest BCUT2D eigenvalue weighted by molar-refractivity contribution is 9.10. The normalized spacial score (nSPS) is 10.4. The average molecular weight is 283 g/mol. The van der Waals surface area contributed by atoms with Crippen molar-refractivity contribution in [3.8, 4) is 5.75 Å². The molecular formula is C10H7BrN2O3. The molecule has 0 saturated heterocycles. The van der Waals surface area contributed by atoms with Crippen LogP contribution in [0.2, 0.25) is 0 Å². The number of methoxy groups -OCH3 is 1. The van der Waals surface area contributed by atoms with Crippen LogP contribution in [0.5, 0.6) is 5.75 Å². The number of aromatic nitrogens is 1. The van der Waals surface area contributed by atoms with Gasteiger partial charge in [0.15, 0.2) is 0 Å².